The summed E-state index contributed by atoms with van der Waals surface area (Å²) < 4.78 is 17.1. The lowest BCUT2D eigenvalue weighted by Gasteiger charge is -2.37. The van der Waals surface area contributed by atoms with Gasteiger partial charge in [0, 0.05) is 54.3 Å². The standard InChI is InChI=1S/C31H34N4O3/c1-21-17-24(35-11-15-37-16-12-35)5-9-31(21,2)29-19-27-26(6-10-33-30(27)34-29)22-3-4-28(23(18-22)20-32)38-25-7-13-36-14-8-25/h3-6,10,17-19,25H,7-9,11-16H2,1-2H3,(H,33,34). The van der Waals surface area contributed by atoms with Gasteiger partial charge in [0.1, 0.15) is 23.6 Å². The zero-order valence-corrected chi connectivity index (χ0v) is 22.1. The van der Waals surface area contributed by atoms with Crippen molar-refractivity contribution in [3.63, 3.8) is 0 Å². The van der Waals surface area contributed by atoms with E-state index in [0.717, 1.165) is 73.4 Å². The first-order valence-electron chi connectivity index (χ1n) is 13.5. The fourth-order valence-corrected chi connectivity index (χ4v) is 5.71. The summed E-state index contributed by atoms with van der Waals surface area (Å²) in [6.45, 7) is 9.38. The molecule has 7 nitrogen and oxygen atoms in total. The summed E-state index contributed by atoms with van der Waals surface area (Å²) in [5, 5.41) is 10.9. The molecular weight excluding hydrogens is 476 g/mol. The van der Waals surface area contributed by atoms with Crippen LogP contribution in [0.1, 0.15) is 44.4 Å². The van der Waals surface area contributed by atoms with Crippen LogP contribution in [0.2, 0.25) is 0 Å². The summed E-state index contributed by atoms with van der Waals surface area (Å²) in [5.74, 6) is 0.640. The molecule has 38 heavy (non-hydrogen) atoms. The highest BCUT2D eigenvalue weighted by molar-refractivity contribution is 5.94. The number of pyridine rings is 1. The van der Waals surface area contributed by atoms with Crippen LogP contribution >= 0.6 is 0 Å². The number of nitriles is 1. The molecule has 1 atom stereocenters. The van der Waals surface area contributed by atoms with Gasteiger partial charge in [0.05, 0.1) is 32.0 Å². The van der Waals surface area contributed by atoms with E-state index in [4.69, 9.17) is 14.2 Å². The highest BCUT2D eigenvalue weighted by Gasteiger charge is 2.33. The Bertz CT molecular complexity index is 1440. The first-order chi connectivity index (χ1) is 18.5. The number of nitrogens with one attached hydrogen (secondary N) is 1. The van der Waals surface area contributed by atoms with Gasteiger partial charge in [-0.15, -0.1) is 0 Å². The van der Waals surface area contributed by atoms with Gasteiger partial charge in [-0.05, 0) is 61.7 Å². The molecule has 196 valence electrons. The molecule has 3 aliphatic rings. The Hall–Kier alpha value is -3.60. The van der Waals surface area contributed by atoms with Crippen molar-refractivity contribution in [1.29, 1.82) is 5.26 Å². The Morgan fingerprint density at radius 1 is 1.11 bits per heavy atom. The number of benzene rings is 1. The molecule has 0 radical (unpaired) electrons. The minimum atomic E-state index is -0.146. The minimum absolute atomic E-state index is 0.0897. The molecule has 1 aromatic carbocycles. The molecule has 1 N–H and O–H groups in total. The van der Waals surface area contributed by atoms with E-state index >= 15 is 0 Å². The van der Waals surface area contributed by atoms with Crippen LogP contribution in [0.4, 0.5) is 0 Å². The summed E-state index contributed by atoms with van der Waals surface area (Å²) in [4.78, 5) is 10.7. The SMILES string of the molecule is CC1=CC(N2CCOCC2)=CCC1(C)c1cc2c(-c3ccc(OC4CCOCC4)c(C#N)c3)ccnc2[nH]1. The van der Waals surface area contributed by atoms with Gasteiger partial charge in [0.25, 0.3) is 0 Å². The van der Waals surface area contributed by atoms with Gasteiger partial charge >= 0.3 is 0 Å². The molecule has 2 aliphatic heterocycles. The largest absolute Gasteiger partial charge is 0.489 e. The number of allylic oxidation sites excluding steroid dienone is 3. The molecule has 1 aliphatic carbocycles. The summed E-state index contributed by atoms with van der Waals surface area (Å²) in [7, 11) is 0. The Morgan fingerprint density at radius 3 is 2.66 bits per heavy atom. The third-order valence-electron chi connectivity index (χ3n) is 8.33. The molecule has 0 amide bonds. The second-order valence-corrected chi connectivity index (χ2v) is 10.6. The van der Waals surface area contributed by atoms with Crippen molar-refractivity contribution in [3.05, 3.63) is 71.2 Å². The topological polar surface area (TPSA) is 83.4 Å². The number of rotatable bonds is 5. The summed E-state index contributed by atoms with van der Waals surface area (Å²) >= 11 is 0. The molecule has 2 fully saturated rings. The first-order valence-corrected chi connectivity index (χ1v) is 13.5. The summed E-state index contributed by atoms with van der Waals surface area (Å²) in [6.07, 6.45) is 9.21. The molecule has 0 saturated carbocycles. The van der Waals surface area contributed by atoms with E-state index in [-0.39, 0.29) is 11.5 Å². The highest BCUT2D eigenvalue weighted by Crippen LogP contribution is 2.42. The fraction of sp³-hybridized carbons (Fsp3) is 0.419. The normalized spacial score (nSPS) is 22.6. The van der Waals surface area contributed by atoms with Crippen LogP contribution in [0.25, 0.3) is 22.2 Å². The molecule has 0 bridgehead atoms. The molecule has 0 spiro atoms. The van der Waals surface area contributed by atoms with Crippen LogP contribution in [-0.2, 0) is 14.9 Å². The van der Waals surface area contributed by atoms with Crippen molar-refractivity contribution in [1.82, 2.24) is 14.9 Å². The van der Waals surface area contributed by atoms with E-state index in [1.165, 1.54) is 11.3 Å². The molecule has 7 heteroatoms. The van der Waals surface area contributed by atoms with Gasteiger partial charge in [-0.3, -0.25) is 0 Å². The molecule has 2 saturated heterocycles. The van der Waals surface area contributed by atoms with Gasteiger partial charge in [0.15, 0.2) is 0 Å². The molecule has 1 unspecified atom stereocenters. The maximum absolute atomic E-state index is 9.89. The van der Waals surface area contributed by atoms with E-state index in [9.17, 15) is 5.26 Å². The molecule has 6 rings (SSSR count). The van der Waals surface area contributed by atoms with Crippen LogP contribution in [0.15, 0.2) is 60.0 Å². The van der Waals surface area contributed by atoms with Gasteiger partial charge in [-0.1, -0.05) is 17.7 Å². The van der Waals surface area contributed by atoms with E-state index in [2.05, 4.69) is 53.0 Å². The van der Waals surface area contributed by atoms with Crippen LogP contribution in [0.5, 0.6) is 5.75 Å². The molecule has 2 aromatic heterocycles. The van der Waals surface area contributed by atoms with Gasteiger partial charge < -0.3 is 24.1 Å². The van der Waals surface area contributed by atoms with Crippen molar-refractivity contribution in [2.24, 2.45) is 0 Å². The minimum Gasteiger partial charge on any atom is -0.489 e. The van der Waals surface area contributed by atoms with Crippen LogP contribution in [0.3, 0.4) is 0 Å². The van der Waals surface area contributed by atoms with E-state index < -0.39 is 0 Å². The Balaban J connectivity index is 1.30. The number of fused-ring (bicyclic) bond motifs is 1. The summed E-state index contributed by atoms with van der Waals surface area (Å²) in [5.41, 5.74) is 7.07. The highest BCUT2D eigenvalue weighted by atomic mass is 16.5. The average molecular weight is 511 g/mol. The maximum Gasteiger partial charge on any atom is 0.138 e. The lowest BCUT2D eigenvalue weighted by atomic mass is 9.74. The fourth-order valence-electron chi connectivity index (χ4n) is 5.71. The Kier molecular flexibility index (Phi) is 6.69. The Labute approximate surface area is 223 Å². The van der Waals surface area contributed by atoms with Crippen molar-refractivity contribution in [2.75, 3.05) is 39.5 Å². The number of aromatic amines is 1. The molecule has 3 aromatic rings. The Morgan fingerprint density at radius 2 is 1.89 bits per heavy atom. The van der Waals surface area contributed by atoms with Crippen molar-refractivity contribution in [3.8, 4) is 22.9 Å². The third kappa shape index (κ3) is 4.59. The smallest absolute Gasteiger partial charge is 0.138 e. The van der Waals surface area contributed by atoms with E-state index in [0.29, 0.717) is 24.5 Å². The quantitative estimate of drug-likeness (QED) is 0.489. The average Bonchev–Trinajstić information content (AvgIpc) is 3.41. The van der Waals surface area contributed by atoms with Crippen LogP contribution in [-0.4, -0.2) is 60.5 Å². The monoisotopic (exact) mass is 510 g/mol. The third-order valence-corrected chi connectivity index (χ3v) is 8.33. The number of hydrogen-bond donors (Lipinski definition) is 1. The predicted molar refractivity (Wildman–Crippen MR) is 147 cm³/mol. The number of aromatic nitrogens is 2. The van der Waals surface area contributed by atoms with E-state index in [1.54, 1.807) is 0 Å². The number of ether oxygens (including phenoxy) is 3. The lowest BCUT2D eigenvalue weighted by Crippen LogP contribution is -2.37. The van der Waals surface area contributed by atoms with E-state index in [1.807, 2.05) is 30.5 Å². The van der Waals surface area contributed by atoms with Gasteiger partial charge in [0.2, 0.25) is 0 Å². The predicted octanol–water partition coefficient (Wildman–Crippen LogP) is 5.48. The van der Waals surface area contributed by atoms with Gasteiger partial charge in [-0.25, -0.2) is 4.98 Å². The zero-order valence-electron chi connectivity index (χ0n) is 22.1. The number of morpholine rings is 1. The molecular formula is C31H34N4O3. The maximum atomic E-state index is 9.89. The zero-order chi connectivity index (χ0) is 26.1. The van der Waals surface area contributed by atoms with Crippen molar-refractivity contribution in [2.45, 2.75) is 44.6 Å². The van der Waals surface area contributed by atoms with Crippen LogP contribution < -0.4 is 4.74 Å². The first kappa shape index (κ1) is 24.7. The van der Waals surface area contributed by atoms with Crippen molar-refractivity contribution < 1.29 is 14.2 Å². The molecule has 4 heterocycles. The second-order valence-electron chi connectivity index (χ2n) is 10.6. The lowest BCUT2D eigenvalue weighted by molar-refractivity contribution is 0.0254. The number of hydrogen-bond acceptors (Lipinski definition) is 6. The number of H-pyrrole nitrogens is 1. The van der Waals surface area contributed by atoms with Gasteiger partial charge in [-0.2, -0.15) is 5.26 Å². The van der Waals surface area contributed by atoms with Crippen molar-refractivity contribution >= 4 is 11.0 Å². The summed E-state index contributed by atoms with van der Waals surface area (Å²) in [6, 6.07) is 12.5. The second kappa shape index (κ2) is 10.3. The number of nitrogens with zero attached hydrogens (tertiary/aromatic N) is 3. The van der Waals surface area contributed by atoms with Crippen LogP contribution in [0, 0.1) is 11.3 Å².